The van der Waals surface area contributed by atoms with Crippen molar-refractivity contribution >= 4 is 41.2 Å². The molecule has 2 aliphatic rings. The number of fused-ring (bicyclic) bond motifs is 1. The summed E-state index contributed by atoms with van der Waals surface area (Å²) in [6, 6.07) is 3.59. The van der Waals surface area contributed by atoms with E-state index in [0.29, 0.717) is 5.57 Å². The van der Waals surface area contributed by atoms with Crippen molar-refractivity contribution in [2.45, 2.75) is 11.4 Å². The molecule has 3 rings (SSSR count). The number of nitriles is 1. The number of aliphatic carboxylic acids is 2. The molecule has 1 fully saturated rings. The van der Waals surface area contributed by atoms with Gasteiger partial charge in [0.25, 0.3) is 11.8 Å². The van der Waals surface area contributed by atoms with Crippen molar-refractivity contribution in [3.05, 3.63) is 47.6 Å². The molecule has 0 unspecified atom stereocenters. The summed E-state index contributed by atoms with van der Waals surface area (Å²) in [5, 5.41) is 32.1. The van der Waals surface area contributed by atoms with Crippen molar-refractivity contribution in [2.75, 3.05) is 12.4 Å². The van der Waals surface area contributed by atoms with Crippen LogP contribution in [-0.4, -0.2) is 68.4 Å². The fourth-order valence-electron chi connectivity index (χ4n) is 2.88. The number of carboxylic acids is 2. The SMILES string of the molecule is N#CC=CC1=C(C(=O)O)N2C(=O)[C@@H](NC(=O)C(=NOCC(=O)O)c3ccco3)[C@H]2SC1. The molecule has 13 heteroatoms. The highest BCUT2D eigenvalue weighted by atomic mass is 32.2. The first-order valence-electron chi connectivity index (χ1n) is 8.59. The number of oxime groups is 1. The highest BCUT2D eigenvalue weighted by Crippen LogP contribution is 2.40. The van der Waals surface area contributed by atoms with Crippen LogP contribution in [0.5, 0.6) is 0 Å². The zero-order chi connectivity index (χ0) is 22.5. The molecule has 2 amide bonds. The van der Waals surface area contributed by atoms with Crippen LogP contribution >= 0.6 is 11.8 Å². The summed E-state index contributed by atoms with van der Waals surface area (Å²) in [5.41, 5.74) is -0.339. The molecule has 3 N–H and O–H groups in total. The van der Waals surface area contributed by atoms with Crippen molar-refractivity contribution in [1.82, 2.24) is 10.2 Å². The minimum atomic E-state index is -1.33. The van der Waals surface area contributed by atoms with E-state index in [-0.39, 0.29) is 22.9 Å². The van der Waals surface area contributed by atoms with Gasteiger partial charge in [-0.2, -0.15) is 5.26 Å². The number of hydrogen-bond acceptors (Lipinski definition) is 9. The van der Waals surface area contributed by atoms with Gasteiger partial charge in [0.2, 0.25) is 12.3 Å². The second-order valence-corrected chi connectivity index (χ2v) is 7.19. The third kappa shape index (κ3) is 4.43. The lowest BCUT2D eigenvalue weighted by Crippen LogP contribution is -2.71. The molecule has 1 aromatic heterocycles. The number of carboxylic acid groups (broad SMARTS) is 2. The number of nitrogens with zero attached hydrogens (tertiary/aromatic N) is 3. The largest absolute Gasteiger partial charge is 0.479 e. The topological polar surface area (TPSA) is 183 Å². The molecule has 0 saturated carbocycles. The summed E-state index contributed by atoms with van der Waals surface area (Å²) in [6.45, 7) is -0.794. The van der Waals surface area contributed by atoms with Crippen LogP contribution in [0.1, 0.15) is 5.76 Å². The van der Waals surface area contributed by atoms with Gasteiger partial charge in [0.1, 0.15) is 17.1 Å². The number of allylic oxidation sites excluding steroid dienone is 2. The molecule has 0 bridgehead atoms. The van der Waals surface area contributed by atoms with Crippen molar-refractivity contribution < 1.29 is 38.6 Å². The molecule has 0 aliphatic carbocycles. The Hall–Kier alpha value is -4.05. The number of carbonyl (C=O) groups excluding carboxylic acids is 2. The van der Waals surface area contributed by atoms with Crippen LogP contribution in [0.4, 0.5) is 0 Å². The number of β-lactam (4-membered cyclic amide) rings is 1. The Labute approximate surface area is 178 Å². The number of nitrogens with one attached hydrogen (secondary N) is 1. The summed E-state index contributed by atoms with van der Waals surface area (Å²) in [6.07, 6.45) is 3.71. The second-order valence-electron chi connectivity index (χ2n) is 6.09. The first kappa shape index (κ1) is 21.7. The average Bonchev–Trinajstić information content (AvgIpc) is 3.26. The maximum Gasteiger partial charge on any atom is 0.352 e. The molecule has 31 heavy (non-hydrogen) atoms. The minimum absolute atomic E-state index is 0.0159. The van der Waals surface area contributed by atoms with E-state index in [2.05, 4.69) is 15.3 Å². The Morgan fingerprint density at radius 3 is 2.84 bits per heavy atom. The fraction of sp³-hybridized carbons (Fsp3) is 0.222. The molecule has 1 aromatic rings. The Kier molecular flexibility index (Phi) is 6.41. The summed E-state index contributed by atoms with van der Waals surface area (Å²) in [7, 11) is 0. The van der Waals surface area contributed by atoms with Crippen molar-refractivity contribution in [2.24, 2.45) is 5.16 Å². The van der Waals surface area contributed by atoms with Crippen molar-refractivity contribution in [3.63, 3.8) is 0 Å². The number of furan rings is 1. The van der Waals surface area contributed by atoms with Gasteiger partial charge in [-0.1, -0.05) is 5.16 Å². The standard InChI is InChI=1S/C18H14N4O8S/c19-5-1-3-9-8-31-17-13(16(26)22(17)14(9)18(27)28)20-15(25)12(10-4-2-6-29-10)21-30-7-11(23)24/h1-4,6,13,17H,7-8H2,(H,20,25)(H,23,24)(H,27,28)/t13-,17-/m1/s1. The first-order valence-corrected chi connectivity index (χ1v) is 9.63. The lowest BCUT2D eigenvalue weighted by Gasteiger charge is -2.49. The third-order valence-electron chi connectivity index (χ3n) is 4.16. The Bertz CT molecular complexity index is 1050. The summed E-state index contributed by atoms with van der Waals surface area (Å²) < 4.78 is 5.10. The monoisotopic (exact) mass is 446 g/mol. The lowest BCUT2D eigenvalue weighted by atomic mass is 10.0. The van der Waals surface area contributed by atoms with Crippen LogP contribution in [0, 0.1) is 11.3 Å². The predicted molar refractivity (Wildman–Crippen MR) is 103 cm³/mol. The normalized spacial score (nSPS) is 20.7. The van der Waals surface area contributed by atoms with E-state index >= 15 is 0 Å². The first-order chi connectivity index (χ1) is 14.8. The van der Waals surface area contributed by atoms with Crippen molar-refractivity contribution in [3.8, 4) is 6.07 Å². The van der Waals surface area contributed by atoms with Gasteiger partial charge in [0.05, 0.1) is 12.3 Å². The highest BCUT2D eigenvalue weighted by Gasteiger charge is 2.54. The maximum absolute atomic E-state index is 12.7. The molecule has 0 aromatic carbocycles. The summed E-state index contributed by atoms with van der Waals surface area (Å²) in [4.78, 5) is 53.2. The van der Waals surface area contributed by atoms with E-state index in [4.69, 9.17) is 14.8 Å². The Morgan fingerprint density at radius 1 is 1.45 bits per heavy atom. The number of carbonyl (C=O) groups is 4. The van der Waals surface area contributed by atoms with Crippen LogP contribution in [0.3, 0.4) is 0 Å². The van der Waals surface area contributed by atoms with Crippen LogP contribution in [0.25, 0.3) is 0 Å². The van der Waals surface area contributed by atoms with Gasteiger partial charge < -0.3 is 24.8 Å². The molecule has 0 radical (unpaired) electrons. The van der Waals surface area contributed by atoms with Crippen LogP contribution in [-0.2, 0) is 24.0 Å². The van der Waals surface area contributed by atoms with Crippen LogP contribution in [0.15, 0.2) is 51.4 Å². The van der Waals surface area contributed by atoms with E-state index < -0.39 is 41.8 Å². The number of amides is 2. The van der Waals surface area contributed by atoms with Gasteiger partial charge in [-0.05, 0) is 23.8 Å². The molecule has 2 atom stereocenters. The van der Waals surface area contributed by atoms with E-state index in [0.717, 1.165) is 11.0 Å². The zero-order valence-corrected chi connectivity index (χ0v) is 16.4. The van der Waals surface area contributed by atoms with E-state index in [1.807, 2.05) is 0 Å². The van der Waals surface area contributed by atoms with Gasteiger partial charge in [-0.15, -0.1) is 11.8 Å². The van der Waals surface area contributed by atoms with E-state index in [1.54, 1.807) is 6.07 Å². The highest BCUT2D eigenvalue weighted by molar-refractivity contribution is 8.00. The summed E-state index contributed by atoms with van der Waals surface area (Å²) >= 11 is 1.21. The van der Waals surface area contributed by atoms with Gasteiger partial charge in [0.15, 0.2) is 5.76 Å². The fourth-order valence-corrected chi connectivity index (χ4v) is 4.20. The van der Waals surface area contributed by atoms with Gasteiger partial charge in [0, 0.05) is 11.8 Å². The number of hydrogen-bond donors (Lipinski definition) is 3. The smallest absolute Gasteiger partial charge is 0.352 e. The number of thioether (sulfide) groups is 1. The average molecular weight is 446 g/mol. The molecule has 3 heterocycles. The number of rotatable bonds is 8. The molecule has 12 nitrogen and oxygen atoms in total. The lowest BCUT2D eigenvalue weighted by molar-refractivity contribution is -0.150. The molecule has 160 valence electrons. The van der Waals surface area contributed by atoms with Gasteiger partial charge in [-0.3, -0.25) is 14.5 Å². The molecule has 0 spiro atoms. The molecular weight excluding hydrogens is 432 g/mol. The molecule has 2 aliphatic heterocycles. The van der Waals surface area contributed by atoms with Gasteiger partial charge >= 0.3 is 11.9 Å². The minimum Gasteiger partial charge on any atom is -0.479 e. The summed E-state index contributed by atoms with van der Waals surface area (Å²) in [5.74, 6) is -3.97. The van der Waals surface area contributed by atoms with Crippen LogP contribution in [0.2, 0.25) is 0 Å². The Balaban J connectivity index is 1.79. The molecule has 1 saturated heterocycles. The maximum atomic E-state index is 12.7. The van der Waals surface area contributed by atoms with Crippen LogP contribution < -0.4 is 5.32 Å². The molecular formula is C18H14N4O8S. The predicted octanol–water partition coefficient (Wildman–Crippen LogP) is -0.0967. The Morgan fingerprint density at radius 2 is 2.23 bits per heavy atom. The second kappa shape index (κ2) is 9.18. The third-order valence-corrected chi connectivity index (χ3v) is 5.46. The quantitative estimate of drug-likeness (QED) is 0.211. The van der Waals surface area contributed by atoms with E-state index in [1.165, 1.54) is 36.2 Å². The zero-order valence-electron chi connectivity index (χ0n) is 15.5. The van der Waals surface area contributed by atoms with Gasteiger partial charge in [-0.25, -0.2) is 9.59 Å². The van der Waals surface area contributed by atoms with Crippen molar-refractivity contribution in [1.29, 1.82) is 5.26 Å². The van der Waals surface area contributed by atoms with E-state index in [9.17, 15) is 24.3 Å².